The Balaban J connectivity index is 2.27. The molecule has 1 fully saturated rings. The van der Waals surface area contributed by atoms with Gasteiger partial charge < -0.3 is 21.5 Å². The van der Waals surface area contributed by atoms with Gasteiger partial charge >= 0.3 is 12.0 Å². The first kappa shape index (κ1) is 14.3. The largest absolute Gasteiger partial charge is 0.480 e. The van der Waals surface area contributed by atoms with Crippen LogP contribution < -0.4 is 16.4 Å². The number of amides is 3. The van der Waals surface area contributed by atoms with Crippen molar-refractivity contribution in [3.05, 3.63) is 0 Å². The highest BCUT2D eigenvalue weighted by Crippen LogP contribution is 2.24. The molecule has 102 valence electrons. The van der Waals surface area contributed by atoms with Gasteiger partial charge in [-0.05, 0) is 25.2 Å². The van der Waals surface area contributed by atoms with E-state index in [1.165, 1.54) is 6.42 Å². The molecule has 0 aliphatic heterocycles. The second-order valence-corrected chi connectivity index (χ2v) is 4.55. The van der Waals surface area contributed by atoms with Gasteiger partial charge in [0.1, 0.15) is 6.04 Å². The minimum absolute atomic E-state index is 0.00150. The minimum atomic E-state index is -1.17. The van der Waals surface area contributed by atoms with E-state index in [4.69, 9.17) is 10.8 Å². The summed E-state index contributed by atoms with van der Waals surface area (Å²) in [4.78, 5) is 32.9. The molecule has 0 aromatic carbocycles. The van der Waals surface area contributed by atoms with Gasteiger partial charge in [-0.15, -0.1) is 0 Å². The van der Waals surface area contributed by atoms with Crippen molar-refractivity contribution in [3.8, 4) is 0 Å². The lowest BCUT2D eigenvalue weighted by Gasteiger charge is -2.25. The fourth-order valence-electron chi connectivity index (χ4n) is 1.69. The van der Waals surface area contributed by atoms with Gasteiger partial charge in [-0.1, -0.05) is 6.42 Å². The predicted octanol–water partition coefficient (Wildman–Crippen LogP) is -0.196. The lowest BCUT2D eigenvalue weighted by Crippen LogP contribution is -2.47. The summed E-state index contributed by atoms with van der Waals surface area (Å²) in [6.07, 6.45) is 3.32. The number of carbonyl (C=O) groups is 3. The summed E-state index contributed by atoms with van der Waals surface area (Å²) in [5.41, 5.74) is 4.94. The number of carboxylic acid groups (broad SMARTS) is 1. The Labute approximate surface area is 105 Å². The minimum Gasteiger partial charge on any atom is -0.480 e. The molecule has 7 heteroatoms. The molecule has 18 heavy (non-hydrogen) atoms. The van der Waals surface area contributed by atoms with Crippen molar-refractivity contribution in [3.63, 3.8) is 0 Å². The number of hydrogen-bond acceptors (Lipinski definition) is 3. The zero-order valence-corrected chi connectivity index (χ0v) is 10.1. The van der Waals surface area contributed by atoms with Gasteiger partial charge in [0.15, 0.2) is 0 Å². The van der Waals surface area contributed by atoms with Crippen molar-refractivity contribution >= 4 is 17.9 Å². The molecule has 0 spiro atoms. The van der Waals surface area contributed by atoms with Crippen LogP contribution in [-0.2, 0) is 9.59 Å². The van der Waals surface area contributed by atoms with Crippen LogP contribution in [0.5, 0.6) is 0 Å². The highest BCUT2D eigenvalue weighted by molar-refractivity contribution is 5.83. The number of carboxylic acids is 1. The highest BCUT2D eigenvalue weighted by atomic mass is 16.4. The maximum atomic E-state index is 11.4. The molecule has 0 radical (unpaired) electrons. The Morgan fingerprint density at radius 1 is 1.33 bits per heavy atom. The first-order valence-electron chi connectivity index (χ1n) is 6.04. The van der Waals surface area contributed by atoms with Gasteiger partial charge in [0.05, 0.1) is 0 Å². The highest BCUT2D eigenvalue weighted by Gasteiger charge is 2.22. The molecule has 0 aromatic heterocycles. The van der Waals surface area contributed by atoms with E-state index in [9.17, 15) is 14.4 Å². The van der Waals surface area contributed by atoms with Gasteiger partial charge in [-0.25, -0.2) is 9.59 Å². The molecule has 1 atom stereocenters. The zero-order valence-electron chi connectivity index (χ0n) is 10.1. The van der Waals surface area contributed by atoms with Crippen LogP contribution in [-0.4, -0.2) is 35.6 Å². The standard InChI is InChI=1S/C11H19N3O4/c12-9(15)5-4-8(10(16)17)14-11(18)13-6-7-2-1-3-7/h7-8H,1-6H2,(H2,12,15)(H,16,17)(H2,13,14,18)/t8-/m0/s1. The second-order valence-electron chi connectivity index (χ2n) is 4.55. The third kappa shape index (κ3) is 5.03. The van der Waals surface area contributed by atoms with E-state index in [-0.39, 0.29) is 12.8 Å². The van der Waals surface area contributed by atoms with Crippen molar-refractivity contribution in [1.29, 1.82) is 0 Å². The van der Waals surface area contributed by atoms with Crippen molar-refractivity contribution in [2.45, 2.75) is 38.1 Å². The van der Waals surface area contributed by atoms with E-state index in [0.29, 0.717) is 12.5 Å². The molecule has 7 nitrogen and oxygen atoms in total. The second kappa shape index (κ2) is 6.83. The summed E-state index contributed by atoms with van der Waals surface area (Å²) in [6.45, 7) is 0.563. The Bertz CT molecular complexity index is 328. The summed E-state index contributed by atoms with van der Waals surface area (Å²) >= 11 is 0. The lowest BCUT2D eigenvalue weighted by molar-refractivity contribution is -0.139. The van der Waals surface area contributed by atoms with E-state index in [1.54, 1.807) is 0 Å². The van der Waals surface area contributed by atoms with Crippen molar-refractivity contribution < 1.29 is 19.5 Å². The number of hydrogen-bond donors (Lipinski definition) is 4. The van der Waals surface area contributed by atoms with E-state index < -0.39 is 23.9 Å². The molecule has 0 aromatic rings. The van der Waals surface area contributed by atoms with Crippen molar-refractivity contribution in [2.24, 2.45) is 11.7 Å². The molecule has 1 rings (SSSR count). The average Bonchev–Trinajstić information content (AvgIpc) is 2.21. The zero-order chi connectivity index (χ0) is 13.5. The molecule has 1 aliphatic rings. The fourth-order valence-corrected chi connectivity index (χ4v) is 1.69. The Kier molecular flexibility index (Phi) is 5.41. The van der Waals surface area contributed by atoms with Crippen LogP contribution in [0.25, 0.3) is 0 Å². The Morgan fingerprint density at radius 2 is 2.00 bits per heavy atom. The van der Waals surface area contributed by atoms with E-state index in [1.807, 2.05) is 0 Å². The van der Waals surface area contributed by atoms with Crippen molar-refractivity contribution in [2.75, 3.05) is 6.54 Å². The normalized spacial score (nSPS) is 16.4. The Hall–Kier alpha value is -1.79. The molecule has 0 bridgehead atoms. The topological polar surface area (TPSA) is 122 Å². The molecule has 0 unspecified atom stereocenters. The van der Waals surface area contributed by atoms with Crippen LogP contribution in [0.4, 0.5) is 4.79 Å². The summed E-state index contributed by atoms with van der Waals surface area (Å²) in [7, 11) is 0. The van der Waals surface area contributed by atoms with E-state index >= 15 is 0 Å². The third-order valence-corrected chi connectivity index (χ3v) is 3.06. The summed E-state index contributed by atoms with van der Waals surface area (Å²) in [5, 5.41) is 13.8. The van der Waals surface area contributed by atoms with Gasteiger partial charge in [-0.3, -0.25) is 4.79 Å². The smallest absolute Gasteiger partial charge is 0.326 e. The molecule has 1 saturated carbocycles. The predicted molar refractivity (Wildman–Crippen MR) is 63.7 cm³/mol. The molecule has 0 heterocycles. The quantitative estimate of drug-likeness (QED) is 0.504. The average molecular weight is 257 g/mol. The number of aliphatic carboxylic acids is 1. The van der Waals surface area contributed by atoms with E-state index in [2.05, 4.69) is 10.6 Å². The van der Waals surface area contributed by atoms with Gasteiger partial charge in [0.25, 0.3) is 0 Å². The monoisotopic (exact) mass is 257 g/mol. The molecular weight excluding hydrogens is 238 g/mol. The maximum Gasteiger partial charge on any atom is 0.326 e. The number of primary amides is 1. The van der Waals surface area contributed by atoms with Crippen LogP contribution in [0.3, 0.4) is 0 Å². The summed E-state index contributed by atoms with van der Waals surface area (Å²) < 4.78 is 0. The maximum absolute atomic E-state index is 11.4. The van der Waals surface area contributed by atoms with E-state index in [0.717, 1.165) is 12.8 Å². The molecule has 3 amide bonds. The van der Waals surface area contributed by atoms with Crippen LogP contribution in [0.15, 0.2) is 0 Å². The SMILES string of the molecule is NC(=O)CC[C@H](NC(=O)NCC1CCC1)C(=O)O. The lowest BCUT2D eigenvalue weighted by atomic mass is 9.85. The number of nitrogens with one attached hydrogen (secondary N) is 2. The first-order valence-corrected chi connectivity index (χ1v) is 6.04. The Morgan fingerprint density at radius 3 is 2.44 bits per heavy atom. The van der Waals surface area contributed by atoms with Gasteiger partial charge in [0, 0.05) is 13.0 Å². The van der Waals surface area contributed by atoms with Crippen LogP contribution in [0.1, 0.15) is 32.1 Å². The number of carbonyl (C=O) groups excluding carboxylic acids is 2. The van der Waals surface area contributed by atoms with Crippen molar-refractivity contribution in [1.82, 2.24) is 10.6 Å². The fraction of sp³-hybridized carbons (Fsp3) is 0.727. The molecule has 1 aliphatic carbocycles. The van der Waals surface area contributed by atoms with Gasteiger partial charge in [-0.2, -0.15) is 0 Å². The summed E-state index contributed by atoms with van der Waals surface area (Å²) in [6, 6.07) is -1.60. The number of rotatable bonds is 7. The van der Waals surface area contributed by atoms with Crippen LogP contribution >= 0.6 is 0 Å². The number of nitrogens with two attached hydrogens (primary N) is 1. The molecule has 0 saturated heterocycles. The van der Waals surface area contributed by atoms with Gasteiger partial charge in [0.2, 0.25) is 5.91 Å². The first-order chi connectivity index (χ1) is 8.49. The molecular formula is C11H19N3O4. The summed E-state index contributed by atoms with van der Waals surface area (Å²) in [5.74, 6) is -1.25. The van der Waals surface area contributed by atoms with Crippen LogP contribution in [0.2, 0.25) is 0 Å². The molecule has 5 N–H and O–H groups in total. The van der Waals surface area contributed by atoms with Crippen LogP contribution in [0, 0.1) is 5.92 Å². The number of urea groups is 1. The third-order valence-electron chi connectivity index (χ3n) is 3.06.